The van der Waals surface area contributed by atoms with E-state index >= 15 is 0 Å². The van der Waals surface area contributed by atoms with Gasteiger partial charge in [-0.1, -0.05) is 33.1 Å². The zero-order chi connectivity index (χ0) is 14.5. The number of carbonyl (C=O) groups is 1. The minimum atomic E-state index is -0.801. The molecular weight excluding hydrogens is 270 g/mol. The Kier molecular flexibility index (Phi) is 5.58. The third-order valence-corrected chi connectivity index (χ3v) is 5.60. The summed E-state index contributed by atoms with van der Waals surface area (Å²) in [4.78, 5) is 16.5. The molecular formula is C16H25NO2S. The highest BCUT2D eigenvalue weighted by Gasteiger charge is 2.28. The van der Waals surface area contributed by atoms with Crippen molar-refractivity contribution in [1.82, 2.24) is 4.98 Å². The summed E-state index contributed by atoms with van der Waals surface area (Å²) < 4.78 is 0. The number of thiazole rings is 1. The minimum Gasteiger partial charge on any atom is -0.477 e. The maximum atomic E-state index is 11.4. The molecule has 2 rings (SSSR count). The standard InChI is InChI=1S/C16H25NO2S/c1-3-5-6-11-7-9-12(10-8-11)14-15(16(18)19)20-13(4-2)17-14/h11-12H,3-10H2,1-2H3,(H,18,19). The third kappa shape index (κ3) is 3.60. The first-order chi connectivity index (χ1) is 9.65. The van der Waals surface area contributed by atoms with E-state index in [0.29, 0.717) is 10.8 Å². The summed E-state index contributed by atoms with van der Waals surface area (Å²) in [6, 6.07) is 0. The van der Waals surface area contributed by atoms with Gasteiger partial charge < -0.3 is 5.11 Å². The van der Waals surface area contributed by atoms with Gasteiger partial charge in [0.05, 0.1) is 10.7 Å². The van der Waals surface area contributed by atoms with E-state index in [1.165, 1.54) is 43.4 Å². The molecule has 0 amide bonds. The van der Waals surface area contributed by atoms with Crippen LogP contribution in [0.15, 0.2) is 0 Å². The van der Waals surface area contributed by atoms with Gasteiger partial charge in [-0.2, -0.15) is 0 Å². The van der Waals surface area contributed by atoms with Gasteiger partial charge in [-0.05, 0) is 38.0 Å². The van der Waals surface area contributed by atoms with Crippen molar-refractivity contribution < 1.29 is 9.90 Å². The molecule has 1 saturated carbocycles. The molecule has 0 bridgehead atoms. The fraction of sp³-hybridized carbons (Fsp3) is 0.750. The molecule has 0 atom stereocenters. The van der Waals surface area contributed by atoms with Gasteiger partial charge in [0.2, 0.25) is 0 Å². The number of carboxylic acid groups (broad SMARTS) is 1. The van der Waals surface area contributed by atoms with E-state index in [-0.39, 0.29) is 0 Å². The maximum Gasteiger partial charge on any atom is 0.347 e. The molecule has 0 saturated heterocycles. The summed E-state index contributed by atoms with van der Waals surface area (Å²) in [6.07, 6.45) is 9.47. The van der Waals surface area contributed by atoms with E-state index in [2.05, 4.69) is 11.9 Å². The smallest absolute Gasteiger partial charge is 0.347 e. The van der Waals surface area contributed by atoms with E-state index < -0.39 is 5.97 Å². The molecule has 1 aliphatic carbocycles. The molecule has 0 spiro atoms. The molecule has 0 radical (unpaired) electrons. The second-order valence-electron chi connectivity index (χ2n) is 5.84. The molecule has 1 aromatic heterocycles. The normalized spacial score (nSPS) is 22.9. The number of hydrogen-bond acceptors (Lipinski definition) is 3. The van der Waals surface area contributed by atoms with E-state index in [4.69, 9.17) is 0 Å². The molecule has 1 aromatic rings. The van der Waals surface area contributed by atoms with E-state index in [1.807, 2.05) is 6.92 Å². The van der Waals surface area contributed by atoms with E-state index in [9.17, 15) is 9.90 Å². The number of aromatic carboxylic acids is 1. The fourth-order valence-corrected chi connectivity index (χ4v) is 4.10. The Morgan fingerprint density at radius 2 is 2.00 bits per heavy atom. The molecule has 0 unspecified atom stereocenters. The summed E-state index contributed by atoms with van der Waals surface area (Å²) in [5, 5.41) is 10.3. The quantitative estimate of drug-likeness (QED) is 0.814. The van der Waals surface area contributed by atoms with Crippen LogP contribution >= 0.6 is 11.3 Å². The summed E-state index contributed by atoms with van der Waals surface area (Å²) in [5.41, 5.74) is 0.869. The van der Waals surface area contributed by atoms with Crippen molar-refractivity contribution in [3.05, 3.63) is 15.6 Å². The third-order valence-electron chi connectivity index (χ3n) is 4.39. The average Bonchev–Trinajstić information content (AvgIpc) is 2.90. The molecule has 0 aliphatic heterocycles. The van der Waals surface area contributed by atoms with Gasteiger partial charge in [0.15, 0.2) is 0 Å². The SMILES string of the molecule is CCCCC1CCC(c2nc(CC)sc2C(=O)O)CC1. The molecule has 1 fully saturated rings. The zero-order valence-electron chi connectivity index (χ0n) is 12.5. The van der Waals surface area contributed by atoms with Crippen molar-refractivity contribution >= 4 is 17.3 Å². The Hall–Kier alpha value is -0.900. The average molecular weight is 295 g/mol. The Labute approximate surface area is 125 Å². The Balaban J connectivity index is 2.02. The van der Waals surface area contributed by atoms with Gasteiger partial charge in [0.25, 0.3) is 0 Å². The molecule has 0 aromatic carbocycles. The molecule has 1 aliphatic rings. The van der Waals surface area contributed by atoms with Crippen LogP contribution in [-0.2, 0) is 6.42 Å². The second kappa shape index (κ2) is 7.21. The van der Waals surface area contributed by atoms with Crippen LogP contribution in [0.3, 0.4) is 0 Å². The first-order valence-corrected chi connectivity index (χ1v) is 8.70. The summed E-state index contributed by atoms with van der Waals surface area (Å²) >= 11 is 1.37. The predicted molar refractivity (Wildman–Crippen MR) is 82.7 cm³/mol. The Morgan fingerprint density at radius 3 is 2.55 bits per heavy atom. The number of nitrogens with zero attached hydrogens (tertiary/aromatic N) is 1. The van der Waals surface area contributed by atoms with Crippen LogP contribution in [0.5, 0.6) is 0 Å². The highest BCUT2D eigenvalue weighted by molar-refractivity contribution is 7.13. The molecule has 3 nitrogen and oxygen atoms in total. The van der Waals surface area contributed by atoms with Gasteiger partial charge in [0.1, 0.15) is 4.88 Å². The Bertz CT molecular complexity index is 447. The number of aryl methyl sites for hydroxylation is 1. The Morgan fingerprint density at radius 1 is 1.30 bits per heavy atom. The highest BCUT2D eigenvalue weighted by Crippen LogP contribution is 2.39. The van der Waals surface area contributed by atoms with Crippen molar-refractivity contribution in [2.75, 3.05) is 0 Å². The van der Waals surface area contributed by atoms with Gasteiger partial charge in [0, 0.05) is 5.92 Å². The van der Waals surface area contributed by atoms with Gasteiger partial charge in [-0.3, -0.25) is 0 Å². The van der Waals surface area contributed by atoms with Crippen LogP contribution in [0.1, 0.15) is 85.1 Å². The molecule has 4 heteroatoms. The van der Waals surface area contributed by atoms with Crippen LogP contribution in [0.2, 0.25) is 0 Å². The summed E-state index contributed by atoms with van der Waals surface area (Å²) in [7, 11) is 0. The number of hydrogen-bond donors (Lipinski definition) is 1. The largest absolute Gasteiger partial charge is 0.477 e. The van der Waals surface area contributed by atoms with Gasteiger partial charge >= 0.3 is 5.97 Å². The number of rotatable bonds is 6. The fourth-order valence-electron chi connectivity index (χ4n) is 3.18. The van der Waals surface area contributed by atoms with Crippen molar-refractivity contribution in [2.45, 2.75) is 71.1 Å². The maximum absolute atomic E-state index is 11.4. The van der Waals surface area contributed by atoms with Crippen LogP contribution in [0.25, 0.3) is 0 Å². The summed E-state index contributed by atoms with van der Waals surface area (Å²) in [5.74, 6) is 0.421. The second-order valence-corrected chi connectivity index (χ2v) is 6.92. The lowest BCUT2D eigenvalue weighted by Crippen LogP contribution is -2.15. The van der Waals surface area contributed by atoms with E-state index in [0.717, 1.165) is 35.9 Å². The van der Waals surface area contributed by atoms with Crippen LogP contribution < -0.4 is 0 Å². The first kappa shape index (κ1) is 15.5. The van der Waals surface area contributed by atoms with Crippen molar-refractivity contribution in [2.24, 2.45) is 5.92 Å². The van der Waals surface area contributed by atoms with Gasteiger partial charge in [-0.15, -0.1) is 11.3 Å². The first-order valence-electron chi connectivity index (χ1n) is 7.88. The minimum absolute atomic E-state index is 0.371. The molecule has 112 valence electrons. The van der Waals surface area contributed by atoms with Crippen LogP contribution in [0.4, 0.5) is 0 Å². The monoisotopic (exact) mass is 295 g/mol. The van der Waals surface area contributed by atoms with Crippen molar-refractivity contribution in [3.8, 4) is 0 Å². The van der Waals surface area contributed by atoms with Crippen LogP contribution in [-0.4, -0.2) is 16.1 Å². The van der Waals surface area contributed by atoms with Crippen LogP contribution in [0, 0.1) is 5.92 Å². The highest BCUT2D eigenvalue weighted by atomic mass is 32.1. The molecule has 1 heterocycles. The van der Waals surface area contributed by atoms with Gasteiger partial charge in [-0.25, -0.2) is 9.78 Å². The number of aromatic nitrogens is 1. The lowest BCUT2D eigenvalue weighted by atomic mass is 9.78. The van der Waals surface area contributed by atoms with Crippen molar-refractivity contribution in [1.29, 1.82) is 0 Å². The lowest BCUT2D eigenvalue weighted by Gasteiger charge is -2.27. The molecule has 20 heavy (non-hydrogen) atoms. The van der Waals surface area contributed by atoms with E-state index in [1.54, 1.807) is 0 Å². The summed E-state index contributed by atoms with van der Waals surface area (Å²) in [6.45, 7) is 4.28. The van der Waals surface area contributed by atoms with Crippen molar-refractivity contribution in [3.63, 3.8) is 0 Å². The molecule has 1 N–H and O–H groups in total. The number of unbranched alkanes of at least 4 members (excludes halogenated alkanes) is 1. The lowest BCUT2D eigenvalue weighted by molar-refractivity contribution is 0.0699. The zero-order valence-corrected chi connectivity index (χ0v) is 13.3. The number of carboxylic acids is 1. The predicted octanol–water partition coefficient (Wildman–Crippen LogP) is 4.87. The topological polar surface area (TPSA) is 50.2 Å².